The molecule has 0 radical (unpaired) electrons. The molecule has 0 aromatic carbocycles. The molecule has 2 atom stereocenters. The van der Waals surface area contributed by atoms with Crippen LogP contribution >= 0.6 is 11.3 Å². The lowest BCUT2D eigenvalue weighted by molar-refractivity contribution is 0.161. The van der Waals surface area contributed by atoms with Gasteiger partial charge >= 0.3 is 6.03 Å². The van der Waals surface area contributed by atoms with Crippen LogP contribution in [0.2, 0.25) is 0 Å². The van der Waals surface area contributed by atoms with Crippen molar-refractivity contribution in [3.05, 3.63) is 22.4 Å². The molecular formula is C16H27N3O2S. The van der Waals surface area contributed by atoms with Crippen molar-refractivity contribution >= 4 is 17.4 Å². The number of nitrogens with one attached hydrogen (secondary N) is 1. The molecule has 1 saturated heterocycles. The van der Waals surface area contributed by atoms with Gasteiger partial charge in [0.1, 0.15) is 0 Å². The van der Waals surface area contributed by atoms with Gasteiger partial charge in [-0.05, 0) is 50.7 Å². The second-order valence-electron chi connectivity index (χ2n) is 6.02. The minimum atomic E-state index is -0.376. The van der Waals surface area contributed by atoms with Crippen LogP contribution in [0.5, 0.6) is 0 Å². The van der Waals surface area contributed by atoms with Crippen LogP contribution < -0.4 is 5.32 Å². The predicted molar refractivity (Wildman–Crippen MR) is 90.2 cm³/mol. The second-order valence-corrected chi connectivity index (χ2v) is 7.00. The minimum absolute atomic E-state index is 0.0681. The van der Waals surface area contributed by atoms with E-state index in [1.54, 1.807) is 30.2 Å². The van der Waals surface area contributed by atoms with Crippen molar-refractivity contribution in [1.82, 2.24) is 15.1 Å². The van der Waals surface area contributed by atoms with Gasteiger partial charge in [-0.25, -0.2) is 4.79 Å². The third-order valence-electron chi connectivity index (χ3n) is 4.13. The molecule has 2 N–H and O–H groups in total. The van der Waals surface area contributed by atoms with E-state index in [1.165, 1.54) is 17.7 Å². The third-order valence-corrected chi connectivity index (χ3v) is 5.10. The number of thiophene rings is 1. The number of likely N-dealkylation sites (tertiary alicyclic amines) is 1. The maximum Gasteiger partial charge on any atom is 0.317 e. The summed E-state index contributed by atoms with van der Waals surface area (Å²) < 4.78 is 0. The van der Waals surface area contributed by atoms with E-state index in [-0.39, 0.29) is 18.2 Å². The summed E-state index contributed by atoms with van der Waals surface area (Å²) in [6.45, 7) is 5.16. The summed E-state index contributed by atoms with van der Waals surface area (Å²) in [5.41, 5.74) is 0. The first-order chi connectivity index (χ1) is 10.6. The highest BCUT2D eigenvalue weighted by molar-refractivity contribution is 7.10. The molecular weight excluding hydrogens is 298 g/mol. The first kappa shape index (κ1) is 17.2. The zero-order valence-electron chi connectivity index (χ0n) is 13.5. The Morgan fingerprint density at radius 1 is 1.50 bits per heavy atom. The Morgan fingerprint density at radius 3 is 2.82 bits per heavy atom. The van der Waals surface area contributed by atoms with Crippen molar-refractivity contribution in [3.8, 4) is 0 Å². The van der Waals surface area contributed by atoms with Crippen LogP contribution in [0, 0.1) is 0 Å². The molecule has 22 heavy (non-hydrogen) atoms. The zero-order chi connectivity index (χ0) is 15.9. The molecule has 2 unspecified atom stereocenters. The van der Waals surface area contributed by atoms with Crippen molar-refractivity contribution in [2.24, 2.45) is 0 Å². The standard InChI is InChI=1S/C16H27N3O2S/c1-13(20)7-10-18(2)16(21)17-12-14(15-6-5-11-22-15)19-8-3-4-9-19/h5-6,11,13-14,20H,3-4,7-10,12H2,1-2H3,(H,17,21). The van der Waals surface area contributed by atoms with Gasteiger partial charge < -0.3 is 15.3 Å². The minimum Gasteiger partial charge on any atom is -0.393 e. The quantitative estimate of drug-likeness (QED) is 0.809. The maximum atomic E-state index is 12.2. The Labute approximate surface area is 136 Å². The fourth-order valence-electron chi connectivity index (χ4n) is 2.74. The fraction of sp³-hybridized carbons (Fsp3) is 0.688. The van der Waals surface area contributed by atoms with E-state index < -0.39 is 0 Å². The number of amides is 2. The maximum absolute atomic E-state index is 12.2. The molecule has 124 valence electrons. The molecule has 0 aliphatic carbocycles. The molecule has 2 rings (SSSR count). The van der Waals surface area contributed by atoms with E-state index in [0.717, 1.165) is 13.1 Å². The van der Waals surface area contributed by atoms with E-state index in [9.17, 15) is 9.90 Å². The van der Waals surface area contributed by atoms with Crippen LogP contribution in [0.3, 0.4) is 0 Å². The largest absolute Gasteiger partial charge is 0.393 e. The Bertz CT molecular complexity index is 444. The van der Waals surface area contributed by atoms with E-state index >= 15 is 0 Å². The average molecular weight is 325 g/mol. The summed E-state index contributed by atoms with van der Waals surface area (Å²) in [4.78, 5) is 17.6. The summed E-state index contributed by atoms with van der Waals surface area (Å²) in [6.07, 6.45) is 2.71. The van der Waals surface area contributed by atoms with Gasteiger partial charge in [0.15, 0.2) is 0 Å². The Balaban J connectivity index is 1.87. The lowest BCUT2D eigenvalue weighted by atomic mass is 10.2. The van der Waals surface area contributed by atoms with Crippen LogP contribution in [-0.4, -0.2) is 60.3 Å². The Kier molecular flexibility index (Phi) is 6.67. The lowest BCUT2D eigenvalue weighted by Crippen LogP contribution is -2.42. The molecule has 1 aromatic heterocycles. The first-order valence-electron chi connectivity index (χ1n) is 8.02. The molecule has 1 aliphatic heterocycles. The van der Waals surface area contributed by atoms with Gasteiger partial charge in [-0.15, -0.1) is 11.3 Å². The molecule has 0 saturated carbocycles. The topological polar surface area (TPSA) is 55.8 Å². The lowest BCUT2D eigenvalue weighted by Gasteiger charge is -2.28. The van der Waals surface area contributed by atoms with Gasteiger partial charge in [-0.1, -0.05) is 6.07 Å². The fourth-order valence-corrected chi connectivity index (χ4v) is 3.61. The average Bonchev–Trinajstić information content (AvgIpc) is 3.18. The number of aliphatic hydroxyl groups excluding tert-OH is 1. The van der Waals surface area contributed by atoms with Crippen LogP contribution in [0.1, 0.15) is 37.1 Å². The summed E-state index contributed by atoms with van der Waals surface area (Å²) in [6, 6.07) is 4.43. The molecule has 2 heterocycles. The Hall–Kier alpha value is -1.11. The van der Waals surface area contributed by atoms with Crippen LogP contribution in [0.4, 0.5) is 4.79 Å². The van der Waals surface area contributed by atoms with Gasteiger partial charge in [-0.3, -0.25) is 4.90 Å². The van der Waals surface area contributed by atoms with E-state index in [0.29, 0.717) is 19.5 Å². The highest BCUT2D eigenvalue weighted by Gasteiger charge is 2.25. The molecule has 5 nitrogen and oxygen atoms in total. The molecule has 0 spiro atoms. The SMILES string of the molecule is CC(O)CCN(C)C(=O)NCC(c1cccs1)N1CCCC1. The normalized spacial score (nSPS) is 18.1. The predicted octanol–water partition coefficient (Wildman–Crippen LogP) is 2.30. The zero-order valence-corrected chi connectivity index (χ0v) is 14.3. The van der Waals surface area contributed by atoms with E-state index in [1.807, 2.05) is 0 Å². The van der Waals surface area contributed by atoms with Gasteiger partial charge in [0.25, 0.3) is 0 Å². The van der Waals surface area contributed by atoms with Crippen LogP contribution in [0.25, 0.3) is 0 Å². The second kappa shape index (κ2) is 8.50. The van der Waals surface area contributed by atoms with E-state index in [4.69, 9.17) is 0 Å². The van der Waals surface area contributed by atoms with Gasteiger partial charge in [0.2, 0.25) is 0 Å². The highest BCUT2D eigenvalue weighted by Crippen LogP contribution is 2.27. The summed E-state index contributed by atoms with van der Waals surface area (Å²) in [5, 5.41) is 14.4. The van der Waals surface area contributed by atoms with Gasteiger partial charge in [0, 0.05) is 25.0 Å². The first-order valence-corrected chi connectivity index (χ1v) is 8.90. The monoisotopic (exact) mass is 325 g/mol. The van der Waals surface area contributed by atoms with Crippen molar-refractivity contribution in [2.45, 2.75) is 38.3 Å². The van der Waals surface area contributed by atoms with Crippen molar-refractivity contribution < 1.29 is 9.90 Å². The number of hydrogen-bond acceptors (Lipinski definition) is 4. The van der Waals surface area contributed by atoms with Gasteiger partial charge in [0.05, 0.1) is 12.1 Å². The summed E-state index contributed by atoms with van der Waals surface area (Å²) in [7, 11) is 1.77. The smallest absolute Gasteiger partial charge is 0.317 e. The third kappa shape index (κ3) is 4.97. The number of carbonyl (C=O) groups excluding carboxylic acids is 1. The molecule has 1 aliphatic rings. The molecule has 6 heteroatoms. The molecule has 1 aromatic rings. The van der Waals surface area contributed by atoms with Crippen molar-refractivity contribution in [1.29, 1.82) is 0 Å². The number of carbonyl (C=O) groups is 1. The van der Waals surface area contributed by atoms with Crippen LogP contribution in [-0.2, 0) is 0 Å². The van der Waals surface area contributed by atoms with E-state index in [2.05, 4.69) is 27.7 Å². The summed E-state index contributed by atoms with van der Waals surface area (Å²) in [5.74, 6) is 0. The number of aliphatic hydroxyl groups is 1. The number of urea groups is 1. The number of nitrogens with zero attached hydrogens (tertiary/aromatic N) is 2. The highest BCUT2D eigenvalue weighted by atomic mass is 32.1. The van der Waals surface area contributed by atoms with Crippen molar-refractivity contribution in [3.63, 3.8) is 0 Å². The number of hydrogen-bond donors (Lipinski definition) is 2. The Morgan fingerprint density at radius 2 is 2.23 bits per heavy atom. The van der Waals surface area contributed by atoms with Crippen molar-refractivity contribution in [2.75, 3.05) is 33.2 Å². The van der Waals surface area contributed by atoms with Crippen LogP contribution in [0.15, 0.2) is 17.5 Å². The summed E-state index contributed by atoms with van der Waals surface area (Å²) >= 11 is 1.75. The van der Waals surface area contributed by atoms with Gasteiger partial charge in [-0.2, -0.15) is 0 Å². The molecule has 0 bridgehead atoms. The molecule has 2 amide bonds. The molecule has 1 fully saturated rings. The number of rotatable bonds is 7.